The normalized spacial score (nSPS) is 10.4. The van der Waals surface area contributed by atoms with Crippen LogP contribution >= 0.6 is 0 Å². The largest absolute Gasteiger partial charge is 0.422 e. The SMILES string of the molecule is O=C(Oc1cccc2cccc(OC(=O)c3ccccc3)c12)c1ccccc1. The molecule has 0 aliphatic carbocycles. The first-order valence-electron chi connectivity index (χ1n) is 8.78. The maximum Gasteiger partial charge on any atom is 0.343 e. The van der Waals surface area contributed by atoms with Crippen molar-refractivity contribution in [2.75, 3.05) is 0 Å². The molecule has 0 amide bonds. The molecule has 0 N–H and O–H groups in total. The summed E-state index contributed by atoms with van der Waals surface area (Å²) >= 11 is 0. The summed E-state index contributed by atoms with van der Waals surface area (Å²) in [4.78, 5) is 25.0. The van der Waals surface area contributed by atoms with Gasteiger partial charge in [0, 0.05) is 0 Å². The summed E-state index contributed by atoms with van der Waals surface area (Å²) in [6.07, 6.45) is 0. The van der Waals surface area contributed by atoms with E-state index < -0.39 is 11.9 Å². The molecule has 0 saturated carbocycles. The Morgan fingerprint density at radius 1 is 0.500 bits per heavy atom. The minimum Gasteiger partial charge on any atom is -0.422 e. The standard InChI is InChI=1S/C24H16O4/c25-23(18-9-3-1-4-10-18)27-20-15-7-13-17-14-8-16-21(22(17)20)28-24(26)19-11-5-2-6-12-19/h1-16H. The average molecular weight is 368 g/mol. The third kappa shape index (κ3) is 3.62. The number of rotatable bonds is 4. The molecule has 4 aromatic carbocycles. The Hall–Kier alpha value is -3.92. The van der Waals surface area contributed by atoms with Crippen molar-refractivity contribution < 1.29 is 19.1 Å². The monoisotopic (exact) mass is 368 g/mol. The predicted molar refractivity (Wildman–Crippen MR) is 107 cm³/mol. The van der Waals surface area contributed by atoms with Crippen molar-refractivity contribution in [2.24, 2.45) is 0 Å². The van der Waals surface area contributed by atoms with E-state index in [4.69, 9.17) is 9.47 Å². The Labute approximate surface area is 162 Å². The van der Waals surface area contributed by atoms with Gasteiger partial charge in [-0.15, -0.1) is 0 Å². The van der Waals surface area contributed by atoms with Gasteiger partial charge in [-0.2, -0.15) is 0 Å². The fourth-order valence-electron chi connectivity index (χ4n) is 2.91. The maximum absolute atomic E-state index is 12.5. The van der Waals surface area contributed by atoms with Crippen LogP contribution < -0.4 is 9.47 Å². The van der Waals surface area contributed by atoms with E-state index in [1.54, 1.807) is 72.8 Å². The van der Waals surface area contributed by atoms with Gasteiger partial charge in [0.2, 0.25) is 0 Å². The van der Waals surface area contributed by atoms with Crippen LogP contribution in [0.5, 0.6) is 11.5 Å². The first-order valence-corrected chi connectivity index (χ1v) is 8.78. The van der Waals surface area contributed by atoms with Crippen molar-refractivity contribution in [1.29, 1.82) is 0 Å². The zero-order valence-electron chi connectivity index (χ0n) is 14.9. The van der Waals surface area contributed by atoms with E-state index in [2.05, 4.69) is 0 Å². The molecule has 0 aliphatic rings. The summed E-state index contributed by atoms with van der Waals surface area (Å²) in [6.45, 7) is 0. The Kier molecular flexibility index (Phi) is 4.85. The quantitative estimate of drug-likeness (QED) is 0.363. The van der Waals surface area contributed by atoms with Gasteiger partial charge in [-0.25, -0.2) is 9.59 Å². The molecule has 0 unspecified atom stereocenters. The lowest BCUT2D eigenvalue weighted by molar-refractivity contribution is 0.0736. The van der Waals surface area contributed by atoms with Crippen LogP contribution in [0.15, 0.2) is 97.1 Å². The molecule has 0 aliphatic heterocycles. The van der Waals surface area contributed by atoms with Gasteiger partial charge >= 0.3 is 11.9 Å². The van der Waals surface area contributed by atoms with Gasteiger partial charge in [0.15, 0.2) is 0 Å². The second-order valence-electron chi connectivity index (χ2n) is 6.12. The molecule has 0 aromatic heterocycles. The zero-order chi connectivity index (χ0) is 19.3. The van der Waals surface area contributed by atoms with Crippen LogP contribution in [-0.2, 0) is 0 Å². The van der Waals surface area contributed by atoms with E-state index in [0.29, 0.717) is 28.0 Å². The van der Waals surface area contributed by atoms with Crippen LogP contribution in [0.2, 0.25) is 0 Å². The highest BCUT2D eigenvalue weighted by atomic mass is 16.5. The highest BCUT2D eigenvalue weighted by molar-refractivity contribution is 6.00. The molecule has 136 valence electrons. The third-order valence-electron chi connectivity index (χ3n) is 4.25. The minimum absolute atomic E-state index is 0.336. The Morgan fingerprint density at radius 2 is 0.929 bits per heavy atom. The van der Waals surface area contributed by atoms with Gasteiger partial charge in [-0.1, -0.05) is 60.7 Å². The van der Waals surface area contributed by atoms with Crippen LogP contribution in [0.1, 0.15) is 20.7 Å². The van der Waals surface area contributed by atoms with E-state index in [9.17, 15) is 9.59 Å². The van der Waals surface area contributed by atoms with Crippen molar-refractivity contribution in [3.63, 3.8) is 0 Å². The number of ether oxygens (including phenoxy) is 2. The molecule has 0 fully saturated rings. The van der Waals surface area contributed by atoms with Gasteiger partial charge in [0.05, 0.1) is 16.5 Å². The van der Waals surface area contributed by atoms with Crippen LogP contribution in [-0.4, -0.2) is 11.9 Å². The van der Waals surface area contributed by atoms with Crippen molar-refractivity contribution in [1.82, 2.24) is 0 Å². The Bertz CT molecular complexity index is 1050. The zero-order valence-corrected chi connectivity index (χ0v) is 14.9. The Balaban J connectivity index is 1.70. The fraction of sp³-hybridized carbons (Fsp3) is 0. The molecule has 0 spiro atoms. The predicted octanol–water partition coefficient (Wildman–Crippen LogP) is 5.28. The van der Waals surface area contributed by atoms with E-state index in [1.165, 1.54) is 0 Å². The van der Waals surface area contributed by atoms with Crippen molar-refractivity contribution in [3.05, 3.63) is 108 Å². The number of fused-ring (bicyclic) bond motifs is 1. The maximum atomic E-state index is 12.5. The van der Waals surface area contributed by atoms with Crippen molar-refractivity contribution >= 4 is 22.7 Å². The molecule has 4 rings (SSSR count). The molecule has 0 bridgehead atoms. The molecule has 28 heavy (non-hydrogen) atoms. The highest BCUT2D eigenvalue weighted by Gasteiger charge is 2.16. The van der Waals surface area contributed by atoms with Gasteiger partial charge in [-0.05, 0) is 41.8 Å². The summed E-state index contributed by atoms with van der Waals surface area (Å²) < 4.78 is 11.2. The molecule has 0 saturated heterocycles. The van der Waals surface area contributed by atoms with Gasteiger partial charge in [0.1, 0.15) is 11.5 Å². The summed E-state index contributed by atoms with van der Waals surface area (Å²) in [5, 5.41) is 1.37. The van der Waals surface area contributed by atoms with Crippen LogP contribution in [0.4, 0.5) is 0 Å². The number of benzene rings is 4. The smallest absolute Gasteiger partial charge is 0.343 e. The van der Waals surface area contributed by atoms with E-state index in [0.717, 1.165) is 5.39 Å². The highest BCUT2D eigenvalue weighted by Crippen LogP contribution is 2.35. The van der Waals surface area contributed by atoms with Crippen LogP contribution in [0, 0.1) is 0 Å². The summed E-state index contributed by atoms with van der Waals surface area (Å²) in [6, 6.07) is 28.2. The van der Waals surface area contributed by atoms with E-state index >= 15 is 0 Å². The second-order valence-corrected chi connectivity index (χ2v) is 6.12. The molecule has 4 aromatic rings. The van der Waals surface area contributed by atoms with Crippen molar-refractivity contribution in [3.8, 4) is 11.5 Å². The summed E-state index contributed by atoms with van der Waals surface area (Å²) in [5.41, 5.74) is 0.886. The minimum atomic E-state index is -0.475. The van der Waals surface area contributed by atoms with Crippen LogP contribution in [0.25, 0.3) is 10.8 Å². The van der Waals surface area contributed by atoms with E-state index in [-0.39, 0.29) is 0 Å². The number of carbonyl (C=O) groups is 2. The average Bonchev–Trinajstić information content (AvgIpc) is 2.75. The summed E-state index contributed by atoms with van der Waals surface area (Å²) in [5.74, 6) is -0.278. The Morgan fingerprint density at radius 3 is 1.36 bits per heavy atom. The number of esters is 2. The molecule has 0 radical (unpaired) electrons. The summed E-state index contributed by atoms with van der Waals surface area (Å²) in [7, 11) is 0. The third-order valence-corrected chi connectivity index (χ3v) is 4.25. The topological polar surface area (TPSA) is 52.6 Å². The van der Waals surface area contributed by atoms with Gasteiger partial charge in [-0.3, -0.25) is 0 Å². The first-order chi connectivity index (χ1) is 13.7. The molecular weight excluding hydrogens is 352 g/mol. The van der Waals surface area contributed by atoms with E-state index in [1.807, 2.05) is 24.3 Å². The van der Waals surface area contributed by atoms with Crippen molar-refractivity contribution in [2.45, 2.75) is 0 Å². The first kappa shape index (κ1) is 17.5. The lowest BCUT2D eigenvalue weighted by Crippen LogP contribution is -2.10. The van der Waals surface area contributed by atoms with Gasteiger partial charge < -0.3 is 9.47 Å². The fourth-order valence-corrected chi connectivity index (χ4v) is 2.91. The second kappa shape index (κ2) is 7.76. The molecule has 4 heteroatoms. The molecule has 4 nitrogen and oxygen atoms in total. The lowest BCUT2D eigenvalue weighted by atomic mass is 10.1. The lowest BCUT2D eigenvalue weighted by Gasteiger charge is -2.12. The molecule has 0 heterocycles. The number of hydrogen-bond donors (Lipinski definition) is 0. The van der Waals surface area contributed by atoms with Gasteiger partial charge in [0.25, 0.3) is 0 Å². The molecule has 0 atom stereocenters. The van der Waals surface area contributed by atoms with Crippen LogP contribution in [0.3, 0.4) is 0 Å². The molecular formula is C24H16O4. The number of hydrogen-bond acceptors (Lipinski definition) is 4. The number of carbonyl (C=O) groups excluding carboxylic acids is 2.